The van der Waals surface area contributed by atoms with Gasteiger partial charge < -0.3 is 15.0 Å². The molecule has 19 heavy (non-hydrogen) atoms. The monoisotopic (exact) mass is 266 g/mol. The van der Waals surface area contributed by atoms with Crippen molar-refractivity contribution >= 4 is 5.69 Å². The fourth-order valence-corrected chi connectivity index (χ4v) is 2.40. The zero-order chi connectivity index (χ0) is 13.5. The minimum absolute atomic E-state index is 0.322. The molecule has 1 heterocycles. The van der Waals surface area contributed by atoms with Crippen molar-refractivity contribution in [2.75, 3.05) is 44.4 Å². The number of benzene rings is 1. The van der Waals surface area contributed by atoms with Crippen LogP contribution in [0, 0.1) is 6.92 Å². The van der Waals surface area contributed by atoms with Gasteiger partial charge in [0.2, 0.25) is 0 Å². The van der Waals surface area contributed by atoms with Crippen LogP contribution in [0.25, 0.3) is 0 Å². The molecule has 0 aromatic heterocycles. The Morgan fingerprint density at radius 3 is 3.00 bits per heavy atom. The van der Waals surface area contributed by atoms with Crippen LogP contribution in [0.3, 0.4) is 0 Å². The van der Waals surface area contributed by atoms with Crippen molar-refractivity contribution in [2.45, 2.75) is 19.8 Å². The molecule has 1 aromatic rings. The maximum Gasteiger partial charge on any atom is 0.119 e. The van der Waals surface area contributed by atoms with Gasteiger partial charge in [-0.1, -0.05) is 0 Å². The second kappa shape index (κ2) is 7.34. The van der Waals surface area contributed by atoms with E-state index in [1.807, 2.05) is 12.1 Å². The average molecular weight is 266 g/mol. The van der Waals surface area contributed by atoms with Crippen LogP contribution in [0.4, 0.5) is 10.1 Å². The summed E-state index contributed by atoms with van der Waals surface area (Å²) in [6.45, 7) is 6.50. The first kappa shape index (κ1) is 14.1. The van der Waals surface area contributed by atoms with Crippen LogP contribution >= 0.6 is 0 Å². The van der Waals surface area contributed by atoms with Gasteiger partial charge >= 0.3 is 0 Å². The predicted molar refractivity (Wildman–Crippen MR) is 77.0 cm³/mol. The molecule has 0 unspecified atom stereocenters. The van der Waals surface area contributed by atoms with Gasteiger partial charge in [-0.15, -0.1) is 0 Å². The highest BCUT2D eigenvalue weighted by Crippen LogP contribution is 2.25. The van der Waals surface area contributed by atoms with Crippen molar-refractivity contribution in [3.05, 3.63) is 23.8 Å². The van der Waals surface area contributed by atoms with E-state index < -0.39 is 0 Å². The number of hydrogen-bond donors (Lipinski definition) is 1. The molecule has 0 atom stereocenters. The number of rotatable bonds is 5. The molecule has 2 rings (SSSR count). The Kier molecular flexibility index (Phi) is 5.45. The SMILES string of the molecule is Cc1cc(OCCCF)ccc1N1CCCNCC1. The van der Waals surface area contributed by atoms with Crippen LogP contribution in [-0.4, -0.2) is 39.5 Å². The van der Waals surface area contributed by atoms with Gasteiger partial charge in [0.15, 0.2) is 0 Å². The standard InChI is InChI=1S/C15H23FN2O/c1-13-12-14(19-11-2-6-16)4-5-15(13)18-9-3-7-17-8-10-18/h4-5,12,17H,2-3,6-11H2,1H3. The first-order valence-electron chi connectivity index (χ1n) is 7.06. The summed E-state index contributed by atoms with van der Waals surface area (Å²) in [6.07, 6.45) is 1.63. The zero-order valence-corrected chi connectivity index (χ0v) is 11.6. The minimum Gasteiger partial charge on any atom is -0.493 e. The van der Waals surface area contributed by atoms with Crippen molar-refractivity contribution in [1.82, 2.24) is 5.32 Å². The van der Waals surface area contributed by atoms with Gasteiger partial charge in [-0.25, -0.2) is 0 Å². The number of alkyl halides is 1. The van der Waals surface area contributed by atoms with Crippen LogP contribution in [-0.2, 0) is 0 Å². The second-order valence-corrected chi connectivity index (χ2v) is 4.93. The van der Waals surface area contributed by atoms with Crippen molar-refractivity contribution in [2.24, 2.45) is 0 Å². The maximum atomic E-state index is 12.0. The second-order valence-electron chi connectivity index (χ2n) is 4.93. The third-order valence-corrected chi connectivity index (χ3v) is 3.40. The summed E-state index contributed by atoms with van der Waals surface area (Å²) in [5.74, 6) is 0.836. The quantitative estimate of drug-likeness (QED) is 0.829. The Morgan fingerprint density at radius 1 is 1.32 bits per heavy atom. The Morgan fingerprint density at radius 2 is 2.21 bits per heavy atom. The lowest BCUT2D eigenvalue weighted by Gasteiger charge is -2.24. The van der Waals surface area contributed by atoms with Crippen LogP contribution < -0.4 is 15.0 Å². The van der Waals surface area contributed by atoms with Gasteiger partial charge in [0.25, 0.3) is 0 Å². The molecule has 1 fully saturated rings. The Balaban J connectivity index is 2.01. The summed E-state index contributed by atoms with van der Waals surface area (Å²) in [5.41, 5.74) is 2.50. The van der Waals surface area contributed by atoms with Gasteiger partial charge in [-0.3, -0.25) is 4.39 Å². The summed E-state index contributed by atoms with van der Waals surface area (Å²) in [5, 5.41) is 3.41. The zero-order valence-electron chi connectivity index (χ0n) is 11.6. The molecule has 0 spiro atoms. The van der Waals surface area contributed by atoms with Gasteiger partial charge in [0.05, 0.1) is 13.3 Å². The molecule has 0 radical (unpaired) electrons. The summed E-state index contributed by atoms with van der Waals surface area (Å²) in [7, 11) is 0. The van der Waals surface area contributed by atoms with Crippen LogP contribution in [0.15, 0.2) is 18.2 Å². The van der Waals surface area contributed by atoms with E-state index >= 15 is 0 Å². The molecule has 0 bridgehead atoms. The van der Waals surface area contributed by atoms with E-state index in [-0.39, 0.29) is 6.67 Å². The van der Waals surface area contributed by atoms with E-state index in [4.69, 9.17) is 4.74 Å². The van der Waals surface area contributed by atoms with Gasteiger partial charge in [-0.05, 0) is 43.7 Å². The molecule has 1 saturated heterocycles. The number of nitrogens with zero attached hydrogens (tertiary/aromatic N) is 1. The number of nitrogens with one attached hydrogen (secondary N) is 1. The number of halogens is 1. The minimum atomic E-state index is -0.322. The Labute approximate surface area is 114 Å². The van der Waals surface area contributed by atoms with Crippen LogP contribution in [0.1, 0.15) is 18.4 Å². The largest absolute Gasteiger partial charge is 0.493 e. The molecular weight excluding hydrogens is 243 g/mol. The molecule has 1 N–H and O–H groups in total. The average Bonchev–Trinajstić information content (AvgIpc) is 2.68. The molecule has 0 amide bonds. The summed E-state index contributed by atoms with van der Waals surface area (Å²) >= 11 is 0. The van der Waals surface area contributed by atoms with Crippen molar-refractivity contribution in [1.29, 1.82) is 0 Å². The van der Waals surface area contributed by atoms with E-state index in [0.29, 0.717) is 13.0 Å². The van der Waals surface area contributed by atoms with Crippen molar-refractivity contribution in [3.63, 3.8) is 0 Å². The van der Waals surface area contributed by atoms with E-state index in [1.165, 1.54) is 17.7 Å². The van der Waals surface area contributed by atoms with E-state index in [0.717, 1.165) is 31.9 Å². The summed E-state index contributed by atoms with van der Waals surface area (Å²) in [4.78, 5) is 2.42. The normalized spacial score (nSPS) is 16.2. The molecule has 1 aromatic carbocycles. The van der Waals surface area contributed by atoms with Crippen molar-refractivity contribution < 1.29 is 9.13 Å². The van der Waals surface area contributed by atoms with E-state index in [2.05, 4.69) is 23.2 Å². The molecule has 0 saturated carbocycles. The highest BCUT2D eigenvalue weighted by molar-refractivity contribution is 5.56. The fourth-order valence-electron chi connectivity index (χ4n) is 2.40. The van der Waals surface area contributed by atoms with E-state index in [1.54, 1.807) is 0 Å². The molecule has 0 aliphatic carbocycles. The molecule has 4 heteroatoms. The lowest BCUT2D eigenvalue weighted by molar-refractivity contribution is 0.289. The van der Waals surface area contributed by atoms with E-state index in [9.17, 15) is 4.39 Å². The number of aryl methyl sites for hydroxylation is 1. The first-order chi connectivity index (χ1) is 9.31. The molecule has 106 valence electrons. The first-order valence-corrected chi connectivity index (χ1v) is 7.06. The maximum absolute atomic E-state index is 12.0. The summed E-state index contributed by atoms with van der Waals surface area (Å²) in [6, 6.07) is 6.15. The van der Waals surface area contributed by atoms with Gasteiger partial charge in [0, 0.05) is 31.7 Å². The molecular formula is C15H23FN2O. The smallest absolute Gasteiger partial charge is 0.119 e. The topological polar surface area (TPSA) is 24.5 Å². The predicted octanol–water partition coefficient (Wildman–Crippen LogP) is 2.53. The number of ether oxygens (including phenoxy) is 1. The van der Waals surface area contributed by atoms with Crippen LogP contribution in [0.2, 0.25) is 0 Å². The Hall–Kier alpha value is -1.29. The van der Waals surface area contributed by atoms with Gasteiger partial charge in [-0.2, -0.15) is 0 Å². The lowest BCUT2D eigenvalue weighted by Crippen LogP contribution is -2.28. The lowest BCUT2D eigenvalue weighted by atomic mass is 10.1. The highest BCUT2D eigenvalue weighted by Gasteiger charge is 2.12. The third-order valence-electron chi connectivity index (χ3n) is 3.40. The van der Waals surface area contributed by atoms with Crippen LogP contribution in [0.5, 0.6) is 5.75 Å². The third kappa shape index (κ3) is 4.10. The molecule has 1 aliphatic rings. The number of anilines is 1. The van der Waals surface area contributed by atoms with Gasteiger partial charge in [0.1, 0.15) is 5.75 Å². The molecule has 1 aliphatic heterocycles. The van der Waals surface area contributed by atoms with Crippen molar-refractivity contribution in [3.8, 4) is 5.75 Å². The molecule has 3 nitrogen and oxygen atoms in total. The summed E-state index contributed by atoms with van der Waals surface area (Å²) < 4.78 is 17.6. The highest BCUT2D eigenvalue weighted by atomic mass is 19.1. The fraction of sp³-hybridized carbons (Fsp3) is 0.600. The number of hydrogen-bond acceptors (Lipinski definition) is 3. The Bertz CT molecular complexity index is 390.